The number of aromatic nitrogens is 4. The Balaban J connectivity index is 1.38. The minimum absolute atomic E-state index is 0.132. The summed E-state index contributed by atoms with van der Waals surface area (Å²) in [5, 5.41) is 0. The van der Waals surface area contributed by atoms with E-state index in [1.165, 1.54) is 7.11 Å². The fourth-order valence-corrected chi connectivity index (χ4v) is 3.90. The number of hydrogen-bond donors (Lipinski definition) is 3. The lowest BCUT2D eigenvalue weighted by atomic mass is 10.3. The number of aromatic amines is 1. The number of H-pyrrole nitrogens is 1. The van der Waals surface area contributed by atoms with E-state index >= 15 is 0 Å². The van der Waals surface area contributed by atoms with Gasteiger partial charge in [0.1, 0.15) is 29.5 Å². The van der Waals surface area contributed by atoms with Gasteiger partial charge in [-0.1, -0.05) is 18.2 Å². The van der Waals surface area contributed by atoms with Crippen molar-refractivity contribution in [1.29, 1.82) is 0 Å². The maximum Gasteiger partial charge on any atom is 0.415 e. The van der Waals surface area contributed by atoms with Crippen LogP contribution in [0.5, 0.6) is 5.75 Å². The van der Waals surface area contributed by atoms with Crippen LogP contribution in [0.25, 0.3) is 17.4 Å². The summed E-state index contributed by atoms with van der Waals surface area (Å²) in [7, 11) is -0.541. The van der Waals surface area contributed by atoms with Gasteiger partial charge in [0, 0.05) is 12.1 Å². The van der Waals surface area contributed by atoms with Gasteiger partial charge < -0.3 is 19.5 Å². The Morgan fingerprint density at radius 1 is 1.42 bits per heavy atom. The predicted octanol–water partition coefficient (Wildman–Crippen LogP) is 1.97. The van der Waals surface area contributed by atoms with E-state index in [-0.39, 0.29) is 11.7 Å². The fraction of sp³-hybridized carbons (Fsp3) is 0.300. The van der Waals surface area contributed by atoms with Crippen LogP contribution in [0, 0.1) is 5.92 Å². The zero-order valence-corrected chi connectivity index (χ0v) is 18.8. The van der Waals surface area contributed by atoms with Crippen molar-refractivity contribution in [2.45, 2.75) is 19.4 Å². The van der Waals surface area contributed by atoms with Crippen molar-refractivity contribution in [3.05, 3.63) is 52.7 Å². The van der Waals surface area contributed by atoms with Gasteiger partial charge in [-0.2, -0.15) is 10.5 Å². The molecule has 1 aliphatic rings. The number of methoxy groups -OCH3 is 1. The molecule has 0 bridgehead atoms. The molecule has 0 spiro atoms. The Hall–Kier alpha value is -3.31. The number of nitrogens with zero attached hydrogens (tertiary/aromatic N) is 3. The molecule has 0 aliphatic heterocycles. The van der Waals surface area contributed by atoms with E-state index in [4.69, 9.17) is 19.4 Å². The number of esters is 1. The molecule has 174 valence electrons. The number of carbonyl (C=O) groups is 1. The van der Waals surface area contributed by atoms with Gasteiger partial charge in [-0.25, -0.2) is 14.4 Å². The number of benzene rings is 1. The molecular formula is C20H23N6O6P. The Morgan fingerprint density at radius 3 is 2.97 bits per heavy atom. The molecule has 3 aromatic rings. The van der Waals surface area contributed by atoms with Gasteiger partial charge >= 0.3 is 20.3 Å². The predicted molar refractivity (Wildman–Crippen MR) is 121 cm³/mol. The van der Waals surface area contributed by atoms with E-state index in [9.17, 15) is 9.59 Å². The van der Waals surface area contributed by atoms with Crippen LogP contribution >= 0.6 is 8.60 Å². The van der Waals surface area contributed by atoms with Gasteiger partial charge in [-0.05, 0) is 31.1 Å². The minimum atomic E-state index is -1.84. The summed E-state index contributed by atoms with van der Waals surface area (Å²) >= 11 is 0. The molecule has 0 saturated heterocycles. The van der Waals surface area contributed by atoms with Crippen molar-refractivity contribution >= 4 is 37.8 Å². The molecule has 0 amide bonds. The highest BCUT2D eigenvalue weighted by molar-refractivity contribution is 7.42. The van der Waals surface area contributed by atoms with E-state index in [0.717, 1.165) is 12.0 Å². The molecule has 0 radical (unpaired) electrons. The van der Waals surface area contributed by atoms with Gasteiger partial charge in [0.2, 0.25) is 0 Å². The second-order valence-electron chi connectivity index (χ2n) is 7.26. The number of nitrogens with two attached hydrogens (primary N) is 1. The highest BCUT2D eigenvalue weighted by Crippen LogP contribution is 2.45. The van der Waals surface area contributed by atoms with Gasteiger partial charge in [-0.15, -0.1) is 0 Å². The van der Waals surface area contributed by atoms with Crippen LogP contribution < -0.4 is 21.4 Å². The number of rotatable bonds is 10. The minimum Gasteiger partial charge on any atom is -0.468 e. The van der Waals surface area contributed by atoms with Crippen LogP contribution in [0.1, 0.15) is 13.3 Å². The molecule has 13 heteroatoms. The molecule has 12 nitrogen and oxygen atoms in total. The second kappa shape index (κ2) is 10.1. The van der Waals surface area contributed by atoms with Gasteiger partial charge in [-0.3, -0.25) is 14.3 Å². The number of fused-ring (bicyclic) bond motifs is 1. The fourth-order valence-electron chi connectivity index (χ4n) is 2.91. The van der Waals surface area contributed by atoms with E-state index in [1.807, 2.05) is 24.4 Å². The van der Waals surface area contributed by atoms with E-state index in [1.54, 1.807) is 30.0 Å². The number of nitrogens with one attached hydrogen (secondary N) is 2. The summed E-state index contributed by atoms with van der Waals surface area (Å²) in [6.45, 7) is 1.94. The number of hydroxylamine groups is 1. The zero-order valence-electron chi connectivity index (χ0n) is 17.9. The smallest absolute Gasteiger partial charge is 0.415 e. The van der Waals surface area contributed by atoms with Crippen LogP contribution in [0.4, 0.5) is 5.82 Å². The highest BCUT2D eigenvalue weighted by Gasteiger charge is 2.33. The molecule has 2 unspecified atom stereocenters. The van der Waals surface area contributed by atoms with Crippen LogP contribution in [0.3, 0.4) is 0 Å². The third kappa shape index (κ3) is 5.74. The Kier molecular flexibility index (Phi) is 6.99. The lowest BCUT2D eigenvalue weighted by Crippen LogP contribution is -2.34. The monoisotopic (exact) mass is 474 g/mol. The lowest BCUT2D eigenvalue weighted by Gasteiger charge is -2.19. The number of para-hydroxylation sites is 1. The Bertz CT molecular complexity index is 1210. The molecule has 3 atom stereocenters. The summed E-state index contributed by atoms with van der Waals surface area (Å²) in [6, 6.07) is 8.38. The number of nitrogen functional groups attached to an aromatic ring is 1. The quantitative estimate of drug-likeness (QED) is 0.226. The lowest BCUT2D eigenvalue weighted by molar-refractivity contribution is -0.144. The number of anilines is 1. The second-order valence-corrected chi connectivity index (χ2v) is 8.33. The molecule has 4 rings (SSSR count). The summed E-state index contributed by atoms with van der Waals surface area (Å²) in [5.74, 6) is 0.402. The van der Waals surface area contributed by atoms with Gasteiger partial charge in [0.25, 0.3) is 0 Å². The first kappa shape index (κ1) is 22.9. The van der Waals surface area contributed by atoms with Crippen molar-refractivity contribution in [3.8, 4) is 5.75 Å². The largest absolute Gasteiger partial charge is 0.468 e. The molecule has 1 saturated carbocycles. The average Bonchev–Trinajstić information content (AvgIpc) is 3.43. The topological polar surface area (TPSA) is 156 Å². The first-order chi connectivity index (χ1) is 15.9. The molecule has 2 aromatic heterocycles. The van der Waals surface area contributed by atoms with Crippen LogP contribution in [0.2, 0.25) is 0 Å². The summed E-state index contributed by atoms with van der Waals surface area (Å²) in [4.78, 5) is 33.8. The highest BCUT2D eigenvalue weighted by atomic mass is 31.2. The van der Waals surface area contributed by atoms with Gasteiger partial charge in [0.05, 0.1) is 13.7 Å². The Labute approximate surface area is 189 Å². The van der Waals surface area contributed by atoms with E-state index in [0.29, 0.717) is 23.5 Å². The number of ether oxygens (including phenoxy) is 1. The third-order valence-corrected chi connectivity index (χ3v) is 5.76. The van der Waals surface area contributed by atoms with Crippen LogP contribution in [0.15, 0.2) is 47.0 Å². The third-order valence-electron chi connectivity index (χ3n) is 4.79. The molecule has 1 fully saturated rings. The molecule has 1 aliphatic carbocycles. The van der Waals surface area contributed by atoms with E-state index in [2.05, 4.69) is 25.2 Å². The maximum absolute atomic E-state index is 11.6. The molecule has 4 N–H and O–H groups in total. The summed E-state index contributed by atoms with van der Waals surface area (Å²) in [5.41, 5.74) is 9.75. The SMILES string of the molecule is COC(=O)C(C)NOP(OC[C@H]1C/C1=C/n1cnc2c(N)[nH]c(=O)nc21)Oc1ccccc1. The molecule has 33 heavy (non-hydrogen) atoms. The standard InChI is InChI=1S/C20H23N6O6P/c1-12(19(27)29-2)25-32-33(31-15-6-4-3-5-7-15)30-10-14-8-13(14)9-26-11-22-16-17(21)23-20(28)24-18(16)26/h3-7,9,11-12,14,25H,8,10H2,1-2H3,(H3,21,23,24,28)/b13-9-/t12?,14-,33?/m1/s1. The molecule has 2 heterocycles. The van der Waals surface area contributed by atoms with Gasteiger partial charge in [0.15, 0.2) is 5.65 Å². The van der Waals surface area contributed by atoms with Crippen molar-refractivity contribution in [2.24, 2.45) is 5.92 Å². The molecular weight excluding hydrogens is 451 g/mol. The average molecular weight is 474 g/mol. The van der Waals surface area contributed by atoms with Crippen molar-refractivity contribution in [3.63, 3.8) is 0 Å². The van der Waals surface area contributed by atoms with Crippen LogP contribution in [-0.4, -0.2) is 45.2 Å². The normalized spacial score (nSPS) is 18.2. The summed E-state index contributed by atoms with van der Waals surface area (Å²) in [6.07, 6.45) is 4.20. The first-order valence-electron chi connectivity index (χ1n) is 10.0. The molecule has 1 aromatic carbocycles. The Morgan fingerprint density at radius 2 is 2.21 bits per heavy atom. The van der Waals surface area contributed by atoms with Crippen molar-refractivity contribution < 1.29 is 23.2 Å². The maximum atomic E-state index is 11.6. The van der Waals surface area contributed by atoms with Crippen molar-refractivity contribution in [2.75, 3.05) is 19.5 Å². The van der Waals surface area contributed by atoms with Crippen molar-refractivity contribution in [1.82, 2.24) is 25.0 Å². The zero-order chi connectivity index (χ0) is 23.4. The number of carbonyl (C=O) groups excluding carboxylic acids is 1. The van der Waals surface area contributed by atoms with Crippen LogP contribution in [-0.2, 0) is 18.7 Å². The number of imidazole rings is 1. The summed E-state index contributed by atoms with van der Waals surface area (Å²) < 4.78 is 23.5. The number of hydrogen-bond acceptors (Lipinski definition) is 10. The first-order valence-corrected chi connectivity index (χ1v) is 11.1. The van der Waals surface area contributed by atoms with E-state index < -0.39 is 26.3 Å².